The SMILES string of the molecule is CCC.CCCCCC(C)(C)O. The second-order valence-electron chi connectivity index (χ2n) is 3.98. The normalized spacial score (nSPS) is 10.5. The third-order valence-electron chi connectivity index (χ3n) is 1.39. The molecule has 1 N–H and O–H groups in total. The van der Waals surface area contributed by atoms with Crippen LogP contribution in [0.15, 0.2) is 0 Å². The number of aliphatic hydroxyl groups is 1. The van der Waals surface area contributed by atoms with Crippen LogP contribution in [0.5, 0.6) is 0 Å². The Morgan fingerprint density at radius 3 is 1.67 bits per heavy atom. The summed E-state index contributed by atoms with van der Waals surface area (Å²) in [5.74, 6) is 0. The summed E-state index contributed by atoms with van der Waals surface area (Å²) in [4.78, 5) is 0. The van der Waals surface area contributed by atoms with Crippen molar-refractivity contribution >= 4 is 0 Å². The van der Waals surface area contributed by atoms with Gasteiger partial charge in [-0.15, -0.1) is 0 Å². The zero-order valence-electron chi connectivity index (χ0n) is 9.48. The van der Waals surface area contributed by atoms with Gasteiger partial charge in [0.05, 0.1) is 5.60 Å². The van der Waals surface area contributed by atoms with E-state index in [1.807, 2.05) is 13.8 Å². The van der Waals surface area contributed by atoms with Crippen molar-refractivity contribution in [3.63, 3.8) is 0 Å². The first-order valence-electron chi connectivity index (χ1n) is 5.20. The van der Waals surface area contributed by atoms with Crippen molar-refractivity contribution in [2.75, 3.05) is 0 Å². The molecule has 0 rings (SSSR count). The first-order chi connectivity index (χ1) is 5.47. The summed E-state index contributed by atoms with van der Waals surface area (Å²) in [5, 5.41) is 9.24. The quantitative estimate of drug-likeness (QED) is 0.643. The maximum atomic E-state index is 9.24. The summed E-state index contributed by atoms with van der Waals surface area (Å²) >= 11 is 0. The van der Waals surface area contributed by atoms with Crippen LogP contribution in [0.25, 0.3) is 0 Å². The third kappa shape index (κ3) is 22.5. The Morgan fingerprint density at radius 2 is 1.42 bits per heavy atom. The zero-order valence-corrected chi connectivity index (χ0v) is 9.48. The van der Waals surface area contributed by atoms with Gasteiger partial charge in [0.15, 0.2) is 0 Å². The second-order valence-corrected chi connectivity index (χ2v) is 3.98. The molecule has 0 unspecified atom stereocenters. The highest BCUT2D eigenvalue weighted by Crippen LogP contribution is 2.12. The molecule has 0 aromatic heterocycles. The minimum absolute atomic E-state index is 0.449. The van der Waals surface area contributed by atoms with Crippen molar-refractivity contribution < 1.29 is 5.11 Å². The Labute approximate surface area is 78.2 Å². The van der Waals surface area contributed by atoms with Gasteiger partial charge in [-0.05, 0) is 20.3 Å². The van der Waals surface area contributed by atoms with Gasteiger partial charge in [0.1, 0.15) is 0 Å². The highest BCUT2D eigenvalue weighted by atomic mass is 16.3. The van der Waals surface area contributed by atoms with Crippen molar-refractivity contribution in [1.82, 2.24) is 0 Å². The average molecular weight is 174 g/mol. The molecule has 0 heterocycles. The predicted octanol–water partition coefficient (Wildman–Crippen LogP) is 3.75. The van der Waals surface area contributed by atoms with Gasteiger partial charge in [0.25, 0.3) is 0 Å². The lowest BCUT2D eigenvalue weighted by atomic mass is 10.0. The topological polar surface area (TPSA) is 20.2 Å². The van der Waals surface area contributed by atoms with Gasteiger partial charge < -0.3 is 5.11 Å². The Kier molecular flexibility index (Phi) is 10.9. The first-order valence-corrected chi connectivity index (χ1v) is 5.20. The van der Waals surface area contributed by atoms with E-state index >= 15 is 0 Å². The van der Waals surface area contributed by atoms with Crippen LogP contribution in [0.2, 0.25) is 0 Å². The number of hydrogen-bond donors (Lipinski definition) is 1. The van der Waals surface area contributed by atoms with Crippen LogP contribution in [0.1, 0.15) is 66.7 Å². The minimum Gasteiger partial charge on any atom is -0.390 e. The highest BCUT2D eigenvalue weighted by molar-refractivity contribution is 4.63. The maximum Gasteiger partial charge on any atom is 0.0591 e. The van der Waals surface area contributed by atoms with Crippen LogP contribution in [0, 0.1) is 0 Å². The lowest BCUT2D eigenvalue weighted by Crippen LogP contribution is -2.17. The fourth-order valence-electron chi connectivity index (χ4n) is 0.808. The van der Waals surface area contributed by atoms with Crippen LogP contribution in [-0.2, 0) is 0 Å². The van der Waals surface area contributed by atoms with E-state index < -0.39 is 5.60 Å². The summed E-state index contributed by atoms with van der Waals surface area (Å²) in [7, 11) is 0. The van der Waals surface area contributed by atoms with Gasteiger partial charge in [-0.3, -0.25) is 0 Å². The summed E-state index contributed by atoms with van der Waals surface area (Å²) in [6.45, 7) is 10.1. The van der Waals surface area contributed by atoms with Gasteiger partial charge in [-0.2, -0.15) is 0 Å². The van der Waals surface area contributed by atoms with Crippen LogP contribution in [0.3, 0.4) is 0 Å². The van der Waals surface area contributed by atoms with Crippen LogP contribution in [0.4, 0.5) is 0 Å². The van der Waals surface area contributed by atoms with E-state index in [9.17, 15) is 5.11 Å². The molecule has 0 saturated heterocycles. The molecule has 0 spiro atoms. The van der Waals surface area contributed by atoms with Gasteiger partial charge >= 0.3 is 0 Å². The molecule has 0 amide bonds. The van der Waals surface area contributed by atoms with Crippen molar-refractivity contribution in [1.29, 1.82) is 0 Å². The molecule has 0 atom stereocenters. The van der Waals surface area contributed by atoms with Crippen LogP contribution in [-0.4, -0.2) is 10.7 Å². The minimum atomic E-state index is -0.449. The molecule has 12 heavy (non-hydrogen) atoms. The number of rotatable bonds is 4. The van der Waals surface area contributed by atoms with E-state index in [4.69, 9.17) is 0 Å². The Morgan fingerprint density at radius 1 is 1.00 bits per heavy atom. The van der Waals surface area contributed by atoms with Gasteiger partial charge in [-0.1, -0.05) is 46.5 Å². The second kappa shape index (κ2) is 9.05. The molecule has 0 saturated carbocycles. The molecule has 0 aromatic rings. The molecule has 0 bridgehead atoms. The first kappa shape index (κ1) is 14.5. The molecular formula is C11H26O. The molecule has 0 aromatic carbocycles. The molecule has 0 aliphatic carbocycles. The van der Waals surface area contributed by atoms with Crippen LogP contribution >= 0.6 is 0 Å². The maximum absolute atomic E-state index is 9.24. The summed E-state index contributed by atoms with van der Waals surface area (Å²) in [5.41, 5.74) is -0.449. The Hall–Kier alpha value is -0.0400. The Balaban J connectivity index is 0. The summed E-state index contributed by atoms with van der Waals surface area (Å²) in [6, 6.07) is 0. The van der Waals surface area contributed by atoms with Crippen molar-refractivity contribution in [2.24, 2.45) is 0 Å². The fourth-order valence-corrected chi connectivity index (χ4v) is 0.808. The zero-order chi connectivity index (χ0) is 10.0. The molecule has 0 radical (unpaired) electrons. The van der Waals surface area contributed by atoms with Gasteiger partial charge in [0.2, 0.25) is 0 Å². The molecule has 0 aliphatic rings. The van der Waals surface area contributed by atoms with Gasteiger partial charge in [-0.25, -0.2) is 0 Å². The monoisotopic (exact) mass is 174 g/mol. The molecule has 0 aliphatic heterocycles. The standard InChI is InChI=1S/C8H18O.C3H8/c1-4-5-6-7-8(2,3)9;1-3-2/h9H,4-7H2,1-3H3;3H2,1-2H3. The molecular weight excluding hydrogens is 148 g/mol. The third-order valence-corrected chi connectivity index (χ3v) is 1.39. The predicted molar refractivity (Wildman–Crippen MR) is 56.4 cm³/mol. The lowest BCUT2D eigenvalue weighted by molar-refractivity contribution is 0.0682. The highest BCUT2D eigenvalue weighted by Gasteiger charge is 2.10. The Bertz CT molecular complexity index is 71.6. The van der Waals surface area contributed by atoms with Gasteiger partial charge in [0, 0.05) is 0 Å². The van der Waals surface area contributed by atoms with E-state index in [0.717, 1.165) is 12.8 Å². The lowest BCUT2D eigenvalue weighted by Gasteiger charge is -2.15. The molecule has 1 nitrogen and oxygen atoms in total. The molecule has 0 fully saturated rings. The van der Waals surface area contributed by atoms with Crippen molar-refractivity contribution in [3.8, 4) is 0 Å². The smallest absolute Gasteiger partial charge is 0.0591 e. The van der Waals surface area contributed by atoms with E-state index in [2.05, 4.69) is 20.8 Å². The largest absolute Gasteiger partial charge is 0.390 e. The summed E-state index contributed by atoms with van der Waals surface area (Å²) < 4.78 is 0. The van der Waals surface area contributed by atoms with Crippen molar-refractivity contribution in [3.05, 3.63) is 0 Å². The number of unbranched alkanes of at least 4 members (excludes halogenated alkanes) is 2. The summed E-state index contributed by atoms with van der Waals surface area (Å²) in [6.07, 6.45) is 5.81. The van der Waals surface area contributed by atoms with Crippen molar-refractivity contribution in [2.45, 2.75) is 72.3 Å². The van der Waals surface area contributed by atoms with E-state index in [-0.39, 0.29) is 0 Å². The van der Waals surface area contributed by atoms with E-state index in [1.165, 1.54) is 19.3 Å². The number of hydrogen-bond acceptors (Lipinski definition) is 1. The molecule has 76 valence electrons. The fraction of sp³-hybridized carbons (Fsp3) is 1.00. The average Bonchev–Trinajstić information content (AvgIpc) is 1.87. The molecule has 1 heteroatoms. The van der Waals surface area contributed by atoms with Crippen LogP contribution < -0.4 is 0 Å². The van der Waals surface area contributed by atoms with E-state index in [1.54, 1.807) is 0 Å². The van der Waals surface area contributed by atoms with E-state index in [0.29, 0.717) is 0 Å².